The third-order valence-electron chi connectivity index (χ3n) is 1.80. The van der Waals surface area contributed by atoms with Crippen LogP contribution in [-0.4, -0.2) is 17.1 Å². The molecule has 3 nitrogen and oxygen atoms in total. The van der Waals surface area contributed by atoms with Crippen LogP contribution in [0.1, 0.15) is 22.8 Å². The summed E-state index contributed by atoms with van der Waals surface area (Å²) in [5.74, 6) is -0.448. The first-order valence-corrected chi connectivity index (χ1v) is 4.17. The van der Waals surface area contributed by atoms with Crippen molar-refractivity contribution in [3.8, 4) is 0 Å². The molecule has 3 N–H and O–H groups in total. The Morgan fingerprint density at radius 2 is 2.15 bits per heavy atom. The lowest BCUT2D eigenvalue weighted by Crippen LogP contribution is -2.16. The third kappa shape index (κ3) is 2.56. The van der Waals surface area contributed by atoms with Gasteiger partial charge in [0.2, 0.25) is 5.91 Å². The van der Waals surface area contributed by atoms with Gasteiger partial charge in [-0.15, -0.1) is 0 Å². The van der Waals surface area contributed by atoms with E-state index < -0.39 is 12.0 Å². The molecule has 0 heterocycles. The highest BCUT2D eigenvalue weighted by Gasteiger charge is 2.08. The number of carbonyl (C=O) groups excluding carboxylic acids is 1. The van der Waals surface area contributed by atoms with Gasteiger partial charge in [-0.25, -0.2) is 0 Å². The molecule has 13 heavy (non-hydrogen) atoms. The number of rotatable bonds is 3. The number of aliphatic hydroxyl groups excluding tert-OH is 1. The van der Waals surface area contributed by atoms with Crippen molar-refractivity contribution in [2.75, 3.05) is 0 Å². The maximum absolute atomic E-state index is 10.9. The van der Waals surface area contributed by atoms with Gasteiger partial charge in [0, 0.05) is 5.56 Å². The fourth-order valence-electron chi connectivity index (χ4n) is 1.26. The van der Waals surface area contributed by atoms with Crippen molar-refractivity contribution in [1.82, 2.24) is 0 Å². The van der Waals surface area contributed by atoms with Gasteiger partial charge >= 0.3 is 0 Å². The van der Waals surface area contributed by atoms with Crippen molar-refractivity contribution in [3.05, 3.63) is 35.4 Å². The molecule has 70 valence electrons. The van der Waals surface area contributed by atoms with Gasteiger partial charge in [0.25, 0.3) is 0 Å². The molecule has 0 aliphatic rings. The first-order valence-electron chi connectivity index (χ1n) is 4.17. The number of benzene rings is 1. The molecule has 0 radical (unpaired) electrons. The number of carbonyl (C=O) groups is 1. The zero-order chi connectivity index (χ0) is 9.84. The van der Waals surface area contributed by atoms with Crippen LogP contribution in [0.4, 0.5) is 0 Å². The SMILES string of the molecule is C[C@@H](O)Cc1ccccc1C(N)=O. The molecule has 1 aromatic carbocycles. The van der Waals surface area contributed by atoms with Crippen molar-refractivity contribution < 1.29 is 9.90 Å². The number of aliphatic hydroxyl groups is 1. The van der Waals surface area contributed by atoms with Crippen LogP contribution < -0.4 is 5.73 Å². The molecule has 0 spiro atoms. The first kappa shape index (κ1) is 9.74. The summed E-state index contributed by atoms with van der Waals surface area (Å²) in [6, 6.07) is 7.04. The largest absolute Gasteiger partial charge is 0.393 e. The van der Waals surface area contributed by atoms with Crippen molar-refractivity contribution in [1.29, 1.82) is 0 Å². The third-order valence-corrected chi connectivity index (χ3v) is 1.80. The van der Waals surface area contributed by atoms with Gasteiger partial charge in [-0.05, 0) is 25.0 Å². The number of nitrogens with two attached hydrogens (primary N) is 1. The lowest BCUT2D eigenvalue weighted by molar-refractivity contribution is 0.0998. The average molecular weight is 179 g/mol. The molecule has 1 atom stereocenters. The van der Waals surface area contributed by atoms with Crippen LogP contribution in [-0.2, 0) is 6.42 Å². The lowest BCUT2D eigenvalue weighted by Gasteiger charge is -2.07. The Hall–Kier alpha value is -1.35. The van der Waals surface area contributed by atoms with Gasteiger partial charge in [-0.2, -0.15) is 0 Å². The quantitative estimate of drug-likeness (QED) is 0.717. The fourth-order valence-corrected chi connectivity index (χ4v) is 1.26. The Balaban J connectivity index is 2.98. The maximum atomic E-state index is 10.9. The Morgan fingerprint density at radius 1 is 1.54 bits per heavy atom. The molecule has 0 aromatic heterocycles. The molecule has 0 unspecified atom stereocenters. The molecule has 0 aliphatic heterocycles. The van der Waals surface area contributed by atoms with Crippen LogP contribution in [0.15, 0.2) is 24.3 Å². The Labute approximate surface area is 77.2 Å². The molecular formula is C10H13NO2. The molecule has 1 rings (SSSR count). The average Bonchev–Trinajstić information content (AvgIpc) is 2.03. The monoisotopic (exact) mass is 179 g/mol. The van der Waals surface area contributed by atoms with E-state index in [4.69, 9.17) is 10.8 Å². The molecule has 0 aliphatic carbocycles. The van der Waals surface area contributed by atoms with Gasteiger partial charge in [0.05, 0.1) is 6.10 Å². The van der Waals surface area contributed by atoms with Crippen LogP contribution >= 0.6 is 0 Å². The predicted molar refractivity (Wildman–Crippen MR) is 50.3 cm³/mol. The zero-order valence-corrected chi connectivity index (χ0v) is 7.53. The van der Waals surface area contributed by atoms with Crippen molar-refractivity contribution >= 4 is 5.91 Å². The highest BCUT2D eigenvalue weighted by molar-refractivity contribution is 5.94. The second kappa shape index (κ2) is 4.05. The summed E-state index contributed by atoms with van der Waals surface area (Å²) in [4.78, 5) is 10.9. The minimum absolute atomic E-state index is 0.448. The number of amides is 1. The van der Waals surface area contributed by atoms with Gasteiger partial charge in [-0.1, -0.05) is 18.2 Å². The van der Waals surface area contributed by atoms with Crippen LogP contribution in [0, 0.1) is 0 Å². The second-order valence-corrected chi connectivity index (χ2v) is 3.07. The summed E-state index contributed by atoms with van der Waals surface area (Å²) < 4.78 is 0. The molecule has 1 amide bonds. The normalized spacial score (nSPS) is 12.5. The molecular weight excluding hydrogens is 166 g/mol. The van der Waals surface area contributed by atoms with Gasteiger partial charge in [0.1, 0.15) is 0 Å². The highest BCUT2D eigenvalue weighted by Crippen LogP contribution is 2.10. The van der Waals surface area contributed by atoms with E-state index in [0.717, 1.165) is 5.56 Å². The number of primary amides is 1. The Bertz CT molecular complexity index is 308. The smallest absolute Gasteiger partial charge is 0.248 e. The van der Waals surface area contributed by atoms with Gasteiger partial charge in [-0.3, -0.25) is 4.79 Å². The van der Waals surface area contributed by atoms with E-state index in [1.807, 2.05) is 6.07 Å². The number of hydrogen-bond acceptors (Lipinski definition) is 2. The molecule has 1 aromatic rings. The molecule has 3 heteroatoms. The van der Waals surface area contributed by atoms with E-state index in [0.29, 0.717) is 12.0 Å². The summed E-state index contributed by atoms with van der Waals surface area (Å²) in [7, 11) is 0. The first-order chi connectivity index (χ1) is 6.11. The van der Waals surface area contributed by atoms with Gasteiger partial charge < -0.3 is 10.8 Å². The fraction of sp³-hybridized carbons (Fsp3) is 0.300. The van der Waals surface area contributed by atoms with E-state index in [1.54, 1.807) is 25.1 Å². The minimum Gasteiger partial charge on any atom is -0.393 e. The zero-order valence-electron chi connectivity index (χ0n) is 7.53. The molecule has 0 saturated carbocycles. The summed E-state index contributed by atoms with van der Waals surface area (Å²) >= 11 is 0. The molecule has 0 bridgehead atoms. The maximum Gasteiger partial charge on any atom is 0.248 e. The standard InChI is InChI=1S/C10H13NO2/c1-7(12)6-8-4-2-3-5-9(8)10(11)13/h2-5,7,12H,6H2,1H3,(H2,11,13)/t7-/m1/s1. The summed E-state index contributed by atoms with van der Waals surface area (Å²) in [5.41, 5.74) is 6.46. The van der Waals surface area contributed by atoms with E-state index in [2.05, 4.69) is 0 Å². The van der Waals surface area contributed by atoms with E-state index in [-0.39, 0.29) is 0 Å². The molecule has 0 saturated heterocycles. The van der Waals surface area contributed by atoms with Crippen molar-refractivity contribution in [3.63, 3.8) is 0 Å². The van der Waals surface area contributed by atoms with E-state index in [1.165, 1.54) is 0 Å². The summed E-state index contributed by atoms with van der Waals surface area (Å²) in [6.07, 6.45) is -0.000417. The predicted octanol–water partition coefficient (Wildman–Crippen LogP) is 0.709. The van der Waals surface area contributed by atoms with Crippen molar-refractivity contribution in [2.24, 2.45) is 5.73 Å². The van der Waals surface area contributed by atoms with Crippen molar-refractivity contribution in [2.45, 2.75) is 19.4 Å². The van der Waals surface area contributed by atoms with Crippen LogP contribution in [0.5, 0.6) is 0 Å². The van der Waals surface area contributed by atoms with Gasteiger partial charge in [0.15, 0.2) is 0 Å². The Kier molecular flexibility index (Phi) is 3.03. The van der Waals surface area contributed by atoms with Crippen LogP contribution in [0.3, 0.4) is 0 Å². The van der Waals surface area contributed by atoms with E-state index >= 15 is 0 Å². The summed E-state index contributed by atoms with van der Waals surface area (Å²) in [5, 5.41) is 9.16. The minimum atomic E-state index is -0.458. The highest BCUT2D eigenvalue weighted by atomic mass is 16.3. The van der Waals surface area contributed by atoms with E-state index in [9.17, 15) is 4.79 Å². The number of hydrogen-bond donors (Lipinski definition) is 2. The Morgan fingerprint density at radius 3 is 2.69 bits per heavy atom. The summed E-state index contributed by atoms with van der Waals surface area (Å²) in [6.45, 7) is 1.68. The topological polar surface area (TPSA) is 63.3 Å². The second-order valence-electron chi connectivity index (χ2n) is 3.07. The van der Waals surface area contributed by atoms with Crippen LogP contribution in [0.25, 0.3) is 0 Å². The van der Waals surface area contributed by atoms with Crippen LogP contribution in [0.2, 0.25) is 0 Å². The molecule has 0 fully saturated rings. The lowest BCUT2D eigenvalue weighted by atomic mass is 10.0.